The normalized spacial score (nSPS) is 20.8. The molecule has 3 N–H and O–H groups in total. The number of hydrogen-bond donors (Lipinski definition) is 2. The summed E-state index contributed by atoms with van der Waals surface area (Å²) < 4.78 is 0. The molecule has 0 fully saturated rings. The summed E-state index contributed by atoms with van der Waals surface area (Å²) >= 11 is 0. The molecule has 17 heavy (non-hydrogen) atoms. The van der Waals surface area contributed by atoms with Crippen LogP contribution < -0.4 is 5.73 Å². The zero-order valence-corrected chi connectivity index (χ0v) is 10.5. The molecule has 3 heteroatoms. The summed E-state index contributed by atoms with van der Waals surface area (Å²) in [6, 6.07) is 4.99. The van der Waals surface area contributed by atoms with E-state index >= 15 is 0 Å². The number of benzene rings is 1. The van der Waals surface area contributed by atoms with Gasteiger partial charge in [0.25, 0.3) is 0 Å². The van der Waals surface area contributed by atoms with Crippen molar-refractivity contribution in [2.45, 2.75) is 19.4 Å². The third-order valence-electron chi connectivity index (χ3n) is 4.00. The van der Waals surface area contributed by atoms with Crippen molar-refractivity contribution in [2.75, 3.05) is 20.1 Å². The Morgan fingerprint density at radius 3 is 3.06 bits per heavy atom. The molecule has 0 radical (unpaired) electrons. The van der Waals surface area contributed by atoms with Crippen molar-refractivity contribution in [2.24, 2.45) is 5.73 Å². The molecule has 0 amide bonds. The Balaban J connectivity index is 2.21. The lowest BCUT2D eigenvalue weighted by molar-refractivity contribution is 0.236. The van der Waals surface area contributed by atoms with E-state index in [1.807, 2.05) is 0 Å². The number of hydrogen-bond acceptors (Lipinski definition) is 2. The number of aryl methyl sites for hydroxylation is 1. The lowest BCUT2D eigenvalue weighted by Gasteiger charge is -2.33. The minimum Gasteiger partial charge on any atom is -0.361 e. The third-order valence-corrected chi connectivity index (χ3v) is 4.00. The molecule has 0 saturated heterocycles. The monoisotopic (exact) mass is 229 g/mol. The second-order valence-corrected chi connectivity index (χ2v) is 5.05. The van der Waals surface area contributed by atoms with Crippen LogP contribution in [-0.4, -0.2) is 30.0 Å². The van der Waals surface area contributed by atoms with Gasteiger partial charge in [-0.1, -0.05) is 0 Å². The molecule has 3 nitrogen and oxygen atoms in total. The Bertz CT molecular complexity index is 556. The molecule has 3 rings (SSSR count). The number of fused-ring (bicyclic) bond motifs is 2. The first-order valence-electron chi connectivity index (χ1n) is 6.21. The molecular formula is C14H19N3. The maximum Gasteiger partial charge on any atom is 0.0471 e. The van der Waals surface area contributed by atoms with Gasteiger partial charge in [0.05, 0.1) is 0 Å². The van der Waals surface area contributed by atoms with Gasteiger partial charge in [-0.15, -0.1) is 0 Å². The Morgan fingerprint density at radius 2 is 2.29 bits per heavy atom. The summed E-state index contributed by atoms with van der Waals surface area (Å²) in [5.41, 5.74) is 11.3. The van der Waals surface area contributed by atoms with Crippen LogP contribution in [0.1, 0.15) is 22.7 Å². The summed E-state index contributed by atoms with van der Waals surface area (Å²) in [5, 5.41) is 1.35. The number of nitrogens with two attached hydrogens (primary N) is 1. The van der Waals surface area contributed by atoms with E-state index in [1.165, 1.54) is 27.6 Å². The van der Waals surface area contributed by atoms with Gasteiger partial charge in [0.15, 0.2) is 0 Å². The molecule has 0 spiro atoms. The summed E-state index contributed by atoms with van der Waals surface area (Å²) in [6.45, 7) is 3.94. The molecule has 1 aromatic heterocycles. The van der Waals surface area contributed by atoms with Gasteiger partial charge in [0.1, 0.15) is 0 Å². The van der Waals surface area contributed by atoms with Gasteiger partial charge in [-0.2, -0.15) is 0 Å². The first-order chi connectivity index (χ1) is 8.20. The van der Waals surface area contributed by atoms with Crippen molar-refractivity contribution < 1.29 is 0 Å². The van der Waals surface area contributed by atoms with Gasteiger partial charge in [0, 0.05) is 36.2 Å². The molecule has 1 unspecified atom stereocenters. The highest BCUT2D eigenvalue weighted by atomic mass is 15.1. The number of nitrogens with zero attached hydrogens (tertiary/aromatic N) is 1. The van der Waals surface area contributed by atoms with Crippen LogP contribution in [0.5, 0.6) is 0 Å². The van der Waals surface area contributed by atoms with E-state index in [9.17, 15) is 0 Å². The van der Waals surface area contributed by atoms with Crippen LogP contribution in [0.4, 0.5) is 0 Å². The third kappa shape index (κ3) is 1.58. The van der Waals surface area contributed by atoms with Gasteiger partial charge in [-0.3, -0.25) is 4.90 Å². The fraction of sp³-hybridized carbons (Fsp3) is 0.429. The molecule has 90 valence electrons. The van der Waals surface area contributed by atoms with E-state index in [0.717, 1.165) is 13.0 Å². The Kier molecular flexibility index (Phi) is 2.45. The maximum absolute atomic E-state index is 5.91. The van der Waals surface area contributed by atoms with Crippen LogP contribution in [0.15, 0.2) is 18.3 Å². The summed E-state index contributed by atoms with van der Waals surface area (Å²) in [7, 11) is 2.16. The van der Waals surface area contributed by atoms with Gasteiger partial charge in [-0.25, -0.2) is 0 Å². The summed E-state index contributed by atoms with van der Waals surface area (Å²) in [4.78, 5) is 5.69. The van der Waals surface area contributed by atoms with E-state index in [4.69, 9.17) is 5.73 Å². The van der Waals surface area contributed by atoms with E-state index in [-0.39, 0.29) is 0 Å². The summed E-state index contributed by atoms with van der Waals surface area (Å²) in [6.07, 6.45) is 3.21. The quantitative estimate of drug-likeness (QED) is 0.785. The minimum absolute atomic E-state index is 0.367. The number of H-pyrrole nitrogens is 1. The Hall–Kier alpha value is -1.32. The lowest BCUT2D eigenvalue weighted by Crippen LogP contribution is -2.36. The van der Waals surface area contributed by atoms with Gasteiger partial charge in [-0.05, 0) is 49.2 Å². The molecule has 1 atom stereocenters. The minimum atomic E-state index is 0.367. The number of nitrogens with one attached hydrogen (secondary N) is 1. The van der Waals surface area contributed by atoms with E-state index < -0.39 is 0 Å². The van der Waals surface area contributed by atoms with Gasteiger partial charge in [0.2, 0.25) is 0 Å². The fourth-order valence-electron chi connectivity index (χ4n) is 2.89. The van der Waals surface area contributed by atoms with E-state index in [1.54, 1.807) is 0 Å². The first-order valence-corrected chi connectivity index (χ1v) is 6.21. The average molecular weight is 229 g/mol. The Labute approximate surface area is 102 Å². The van der Waals surface area contributed by atoms with E-state index in [0.29, 0.717) is 12.6 Å². The van der Waals surface area contributed by atoms with Crippen molar-refractivity contribution in [3.05, 3.63) is 35.0 Å². The summed E-state index contributed by atoms with van der Waals surface area (Å²) in [5.74, 6) is 0. The molecule has 0 saturated carbocycles. The molecule has 0 bridgehead atoms. The van der Waals surface area contributed by atoms with Crippen LogP contribution in [0.3, 0.4) is 0 Å². The fourth-order valence-corrected chi connectivity index (χ4v) is 2.89. The molecule has 2 heterocycles. The number of aromatic nitrogens is 1. The van der Waals surface area contributed by atoms with Crippen molar-refractivity contribution in [3.8, 4) is 0 Å². The van der Waals surface area contributed by atoms with Gasteiger partial charge < -0.3 is 10.7 Å². The number of likely N-dealkylation sites (N-methyl/N-ethyl adjacent to an activating group) is 1. The second kappa shape index (κ2) is 3.86. The standard InChI is InChI=1S/C14H19N3/c1-9-8-16-13-6-12-10(5-11(9)13)3-4-17(2)14(12)7-15/h5-6,8,14,16H,3-4,7,15H2,1-2H3. The largest absolute Gasteiger partial charge is 0.361 e. The number of aromatic amines is 1. The Morgan fingerprint density at radius 1 is 1.47 bits per heavy atom. The van der Waals surface area contributed by atoms with Crippen LogP contribution in [0.2, 0.25) is 0 Å². The van der Waals surface area contributed by atoms with Gasteiger partial charge >= 0.3 is 0 Å². The van der Waals surface area contributed by atoms with Crippen LogP contribution in [0, 0.1) is 6.92 Å². The van der Waals surface area contributed by atoms with Crippen LogP contribution >= 0.6 is 0 Å². The molecule has 0 aliphatic carbocycles. The molecule has 1 aliphatic rings. The predicted octanol–water partition coefficient (Wildman–Crippen LogP) is 1.96. The van der Waals surface area contributed by atoms with Crippen molar-refractivity contribution in [3.63, 3.8) is 0 Å². The topological polar surface area (TPSA) is 45.0 Å². The molecular weight excluding hydrogens is 210 g/mol. The maximum atomic E-state index is 5.91. The van der Waals surface area contributed by atoms with Crippen molar-refractivity contribution in [1.29, 1.82) is 0 Å². The molecule has 1 aliphatic heterocycles. The second-order valence-electron chi connectivity index (χ2n) is 5.05. The van der Waals surface area contributed by atoms with E-state index in [2.05, 4.69) is 42.2 Å². The lowest BCUT2D eigenvalue weighted by atomic mass is 9.91. The highest BCUT2D eigenvalue weighted by molar-refractivity contribution is 5.84. The zero-order valence-electron chi connectivity index (χ0n) is 10.5. The SMILES string of the molecule is Cc1c[nH]c2cc3c(cc12)CCN(C)C3CN. The molecule has 2 aromatic rings. The highest BCUT2D eigenvalue weighted by Crippen LogP contribution is 2.32. The zero-order chi connectivity index (χ0) is 12.0. The highest BCUT2D eigenvalue weighted by Gasteiger charge is 2.24. The van der Waals surface area contributed by atoms with Crippen molar-refractivity contribution >= 4 is 10.9 Å². The number of rotatable bonds is 1. The average Bonchev–Trinajstić information content (AvgIpc) is 2.68. The van der Waals surface area contributed by atoms with Crippen LogP contribution in [0.25, 0.3) is 10.9 Å². The predicted molar refractivity (Wildman–Crippen MR) is 71.2 cm³/mol. The molecule has 1 aromatic carbocycles. The van der Waals surface area contributed by atoms with Crippen molar-refractivity contribution in [1.82, 2.24) is 9.88 Å². The van der Waals surface area contributed by atoms with Crippen LogP contribution in [-0.2, 0) is 6.42 Å². The first kappa shape index (κ1) is 10.8. The smallest absolute Gasteiger partial charge is 0.0471 e.